The first-order chi connectivity index (χ1) is 6.02. The average Bonchev–Trinajstić information content (AvgIpc) is 2.50. The Morgan fingerprint density at radius 1 is 1.46 bits per heavy atom. The number of amides is 1. The maximum absolute atomic E-state index is 11.4. The molecule has 1 fully saturated rings. The van der Waals surface area contributed by atoms with Gasteiger partial charge >= 0.3 is 5.97 Å². The minimum absolute atomic E-state index is 0.0347. The molecule has 0 saturated carbocycles. The van der Waals surface area contributed by atoms with Crippen molar-refractivity contribution in [3.05, 3.63) is 0 Å². The van der Waals surface area contributed by atoms with Crippen LogP contribution in [0.4, 0.5) is 0 Å². The van der Waals surface area contributed by atoms with Crippen LogP contribution in [0.25, 0.3) is 0 Å². The molecule has 1 heterocycles. The van der Waals surface area contributed by atoms with E-state index in [1.807, 2.05) is 13.8 Å². The Balaban J connectivity index is 2.50. The van der Waals surface area contributed by atoms with Crippen LogP contribution in [0.1, 0.15) is 20.3 Å². The number of carbonyl (C=O) groups is 2. The number of hydrogen-bond acceptors (Lipinski definition) is 2. The first-order valence-corrected chi connectivity index (χ1v) is 4.54. The van der Waals surface area contributed by atoms with Gasteiger partial charge in [0.2, 0.25) is 5.91 Å². The summed E-state index contributed by atoms with van der Waals surface area (Å²) in [5.41, 5.74) is 0. The van der Waals surface area contributed by atoms with Crippen LogP contribution >= 0.6 is 0 Å². The molecule has 0 aliphatic carbocycles. The number of nitrogens with zero attached hydrogens (tertiary/aromatic N) is 1. The molecular weight excluding hydrogens is 170 g/mol. The van der Waals surface area contributed by atoms with Gasteiger partial charge in [0.05, 0.1) is 5.92 Å². The highest BCUT2D eigenvalue weighted by Crippen LogP contribution is 2.18. The summed E-state index contributed by atoms with van der Waals surface area (Å²) in [4.78, 5) is 23.7. The Hall–Kier alpha value is -1.06. The summed E-state index contributed by atoms with van der Waals surface area (Å²) >= 11 is 0. The highest BCUT2D eigenvalue weighted by atomic mass is 16.4. The zero-order valence-electron chi connectivity index (χ0n) is 7.99. The standard InChI is InChI=1S/C9H15NO3/c1-6(2)8(11)10-4-3-7(5-10)9(12)13/h6-7H,3-5H2,1-2H3,(H,12,13)/t7-/m0/s1. The van der Waals surface area contributed by atoms with Crippen LogP contribution in [0.2, 0.25) is 0 Å². The van der Waals surface area contributed by atoms with E-state index in [2.05, 4.69) is 0 Å². The van der Waals surface area contributed by atoms with E-state index in [0.717, 1.165) is 0 Å². The van der Waals surface area contributed by atoms with Gasteiger partial charge in [0, 0.05) is 19.0 Å². The number of aliphatic carboxylic acids is 1. The fraction of sp³-hybridized carbons (Fsp3) is 0.778. The van der Waals surface area contributed by atoms with E-state index in [0.29, 0.717) is 19.5 Å². The number of hydrogen-bond donors (Lipinski definition) is 1. The van der Waals surface area contributed by atoms with Crippen molar-refractivity contribution in [3.8, 4) is 0 Å². The van der Waals surface area contributed by atoms with E-state index in [-0.39, 0.29) is 17.7 Å². The molecule has 1 N–H and O–H groups in total. The molecule has 0 bridgehead atoms. The van der Waals surface area contributed by atoms with Crippen LogP contribution in [0.3, 0.4) is 0 Å². The fourth-order valence-corrected chi connectivity index (χ4v) is 1.53. The molecule has 0 unspecified atom stereocenters. The van der Waals surface area contributed by atoms with Gasteiger partial charge < -0.3 is 10.0 Å². The third kappa shape index (κ3) is 2.20. The fourth-order valence-electron chi connectivity index (χ4n) is 1.53. The predicted octanol–water partition coefficient (Wildman–Crippen LogP) is 0.575. The normalized spacial score (nSPS) is 22.4. The molecule has 0 aromatic carbocycles. The van der Waals surface area contributed by atoms with Gasteiger partial charge in [-0.15, -0.1) is 0 Å². The summed E-state index contributed by atoms with van der Waals surface area (Å²) in [5, 5.41) is 8.71. The lowest BCUT2D eigenvalue weighted by Crippen LogP contribution is -2.33. The van der Waals surface area contributed by atoms with Crippen LogP contribution < -0.4 is 0 Å². The quantitative estimate of drug-likeness (QED) is 0.684. The van der Waals surface area contributed by atoms with Gasteiger partial charge in [0.25, 0.3) is 0 Å². The summed E-state index contributed by atoms with van der Waals surface area (Å²) < 4.78 is 0. The molecule has 4 nitrogen and oxygen atoms in total. The minimum Gasteiger partial charge on any atom is -0.481 e. The monoisotopic (exact) mass is 185 g/mol. The maximum Gasteiger partial charge on any atom is 0.308 e. The number of likely N-dealkylation sites (tertiary alicyclic amines) is 1. The molecule has 1 aliphatic rings. The second-order valence-corrected chi connectivity index (χ2v) is 3.76. The third-order valence-corrected chi connectivity index (χ3v) is 2.34. The summed E-state index contributed by atoms with van der Waals surface area (Å²) in [6.45, 7) is 4.63. The highest BCUT2D eigenvalue weighted by Gasteiger charge is 2.31. The van der Waals surface area contributed by atoms with E-state index in [4.69, 9.17) is 5.11 Å². The van der Waals surface area contributed by atoms with Gasteiger partial charge in [-0.2, -0.15) is 0 Å². The molecule has 4 heteroatoms. The van der Waals surface area contributed by atoms with Gasteiger partial charge in [-0.3, -0.25) is 9.59 Å². The summed E-state index contributed by atoms with van der Waals surface area (Å²) in [6, 6.07) is 0. The highest BCUT2D eigenvalue weighted by molar-refractivity contribution is 5.80. The smallest absolute Gasteiger partial charge is 0.308 e. The molecule has 1 amide bonds. The van der Waals surface area contributed by atoms with E-state index >= 15 is 0 Å². The van der Waals surface area contributed by atoms with Gasteiger partial charge in [-0.25, -0.2) is 0 Å². The van der Waals surface area contributed by atoms with Crippen LogP contribution in [-0.2, 0) is 9.59 Å². The number of carbonyl (C=O) groups excluding carboxylic acids is 1. The van der Waals surface area contributed by atoms with Crippen LogP contribution in [0.15, 0.2) is 0 Å². The third-order valence-electron chi connectivity index (χ3n) is 2.34. The van der Waals surface area contributed by atoms with E-state index < -0.39 is 5.97 Å². The van der Waals surface area contributed by atoms with Crippen molar-refractivity contribution in [3.63, 3.8) is 0 Å². The maximum atomic E-state index is 11.4. The zero-order valence-corrected chi connectivity index (χ0v) is 7.99. The molecule has 0 radical (unpaired) electrons. The molecule has 1 atom stereocenters. The van der Waals surface area contributed by atoms with Crippen LogP contribution in [-0.4, -0.2) is 35.0 Å². The van der Waals surface area contributed by atoms with Gasteiger partial charge in [0.15, 0.2) is 0 Å². The van der Waals surface area contributed by atoms with E-state index in [1.54, 1.807) is 4.90 Å². The molecule has 74 valence electrons. The number of rotatable bonds is 2. The molecule has 13 heavy (non-hydrogen) atoms. The lowest BCUT2D eigenvalue weighted by atomic mass is 10.1. The van der Waals surface area contributed by atoms with E-state index in [9.17, 15) is 9.59 Å². The number of carboxylic acids is 1. The topological polar surface area (TPSA) is 57.6 Å². The molecule has 1 rings (SSSR count). The minimum atomic E-state index is -0.793. The molecule has 1 saturated heterocycles. The van der Waals surface area contributed by atoms with Crippen molar-refractivity contribution in [2.45, 2.75) is 20.3 Å². The van der Waals surface area contributed by atoms with Crippen LogP contribution in [0, 0.1) is 11.8 Å². The van der Waals surface area contributed by atoms with Gasteiger partial charge in [-0.1, -0.05) is 13.8 Å². The Bertz CT molecular complexity index is 225. The summed E-state index contributed by atoms with van der Waals surface area (Å²) in [5.74, 6) is -1.13. The number of carboxylic acid groups (broad SMARTS) is 1. The van der Waals surface area contributed by atoms with Crippen molar-refractivity contribution in [1.82, 2.24) is 4.90 Å². The summed E-state index contributed by atoms with van der Waals surface area (Å²) in [6.07, 6.45) is 0.591. The van der Waals surface area contributed by atoms with Crippen LogP contribution in [0.5, 0.6) is 0 Å². The van der Waals surface area contributed by atoms with Gasteiger partial charge in [-0.05, 0) is 6.42 Å². The Labute approximate surface area is 77.5 Å². The SMILES string of the molecule is CC(C)C(=O)N1CC[C@H](C(=O)O)C1. The first kappa shape index (κ1) is 10.0. The zero-order chi connectivity index (χ0) is 10.0. The van der Waals surface area contributed by atoms with Crippen molar-refractivity contribution in [2.75, 3.05) is 13.1 Å². The lowest BCUT2D eigenvalue weighted by molar-refractivity contribution is -0.141. The molecule has 0 spiro atoms. The summed E-state index contributed by atoms with van der Waals surface area (Å²) in [7, 11) is 0. The van der Waals surface area contributed by atoms with Crippen molar-refractivity contribution in [1.29, 1.82) is 0 Å². The Morgan fingerprint density at radius 3 is 2.46 bits per heavy atom. The Kier molecular flexibility index (Phi) is 2.90. The molecule has 1 aliphatic heterocycles. The molecular formula is C9H15NO3. The van der Waals surface area contributed by atoms with Crippen molar-refractivity contribution in [2.24, 2.45) is 11.8 Å². The van der Waals surface area contributed by atoms with Crippen molar-refractivity contribution < 1.29 is 14.7 Å². The second kappa shape index (κ2) is 3.77. The van der Waals surface area contributed by atoms with Crippen molar-refractivity contribution >= 4 is 11.9 Å². The first-order valence-electron chi connectivity index (χ1n) is 4.54. The van der Waals surface area contributed by atoms with E-state index in [1.165, 1.54) is 0 Å². The largest absolute Gasteiger partial charge is 0.481 e. The second-order valence-electron chi connectivity index (χ2n) is 3.76. The van der Waals surface area contributed by atoms with Gasteiger partial charge in [0.1, 0.15) is 0 Å². The molecule has 0 aromatic rings. The average molecular weight is 185 g/mol. The lowest BCUT2D eigenvalue weighted by Gasteiger charge is -2.17. The molecule has 0 aromatic heterocycles. The predicted molar refractivity (Wildman–Crippen MR) is 47.2 cm³/mol. The Morgan fingerprint density at radius 2 is 2.08 bits per heavy atom.